The molecular formula is C19H11BrFN5O3. The molecule has 0 unspecified atom stereocenters. The Labute approximate surface area is 171 Å². The van der Waals surface area contributed by atoms with Crippen molar-refractivity contribution in [2.75, 3.05) is 5.32 Å². The van der Waals surface area contributed by atoms with E-state index in [2.05, 4.69) is 36.2 Å². The Morgan fingerprint density at radius 3 is 2.69 bits per heavy atom. The zero-order valence-corrected chi connectivity index (χ0v) is 16.1. The zero-order chi connectivity index (χ0) is 20.4. The molecule has 0 fully saturated rings. The SMILES string of the molecule is O=[N+]([O-])c1c(Nc2ccccc2F)ncnc1Oc1ccc(Br)c2cccnc12. The Bertz CT molecular complexity index is 1240. The van der Waals surface area contributed by atoms with E-state index in [1.54, 1.807) is 30.5 Å². The minimum absolute atomic E-state index is 0.0380. The van der Waals surface area contributed by atoms with Crippen molar-refractivity contribution in [3.8, 4) is 11.6 Å². The zero-order valence-electron chi connectivity index (χ0n) is 14.5. The summed E-state index contributed by atoms with van der Waals surface area (Å²) in [6.07, 6.45) is 2.68. The van der Waals surface area contributed by atoms with E-state index in [4.69, 9.17) is 4.74 Å². The summed E-state index contributed by atoms with van der Waals surface area (Å²) in [6.45, 7) is 0. The molecule has 10 heteroatoms. The molecular weight excluding hydrogens is 445 g/mol. The van der Waals surface area contributed by atoms with E-state index in [1.165, 1.54) is 18.2 Å². The van der Waals surface area contributed by atoms with Crippen LogP contribution in [-0.4, -0.2) is 19.9 Å². The van der Waals surface area contributed by atoms with E-state index in [0.29, 0.717) is 5.52 Å². The van der Waals surface area contributed by atoms with Crippen LogP contribution in [-0.2, 0) is 0 Å². The van der Waals surface area contributed by atoms with Gasteiger partial charge in [-0.2, -0.15) is 4.98 Å². The lowest BCUT2D eigenvalue weighted by Crippen LogP contribution is -2.04. The number of para-hydroxylation sites is 1. The van der Waals surface area contributed by atoms with E-state index >= 15 is 0 Å². The molecule has 2 heterocycles. The summed E-state index contributed by atoms with van der Waals surface area (Å²) in [5.74, 6) is -0.786. The molecule has 0 saturated heterocycles. The maximum absolute atomic E-state index is 13.9. The third kappa shape index (κ3) is 3.69. The van der Waals surface area contributed by atoms with Gasteiger partial charge < -0.3 is 10.1 Å². The largest absolute Gasteiger partial charge is 0.431 e. The Morgan fingerprint density at radius 1 is 1.07 bits per heavy atom. The molecule has 0 aliphatic heterocycles. The normalized spacial score (nSPS) is 10.7. The van der Waals surface area contributed by atoms with Crippen LogP contribution in [0.2, 0.25) is 0 Å². The smallest absolute Gasteiger partial charge is 0.373 e. The summed E-state index contributed by atoms with van der Waals surface area (Å²) < 4.78 is 20.5. The Hall–Kier alpha value is -3.66. The first-order valence-electron chi connectivity index (χ1n) is 8.26. The lowest BCUT2D eigenvalue weighted by atomic mass is 10.2. The van der Waals surface area contributed by atoms with Gasteiger partial charge in [0, 0.05) is 16.1 Å². The van der Waals surface area contributed by atoms with Gasteiger partial charge in [-0.05, 0) is 30.3 Å². The molecule has 0 saturated carbocycles. The second kappa shape index (κ2) is 7.76. The van der Waals surface area contributed by atoms with Crippen LogP contribution in [0.3, 0.4) is 0 Å². The first kappa shape index (κ1) is 18.7. The number of nitrogens with one attached hydrogen (secondary N) is 1. The van der Waals surface area contributed by atoms with Gasteiger partial charge in [0.05, 0.1) is 10.6 Å². The Morgan fingerprint density at radius 2 is 1.90 bits per heavy atom. The van der Waals surface area contributed by atoms with E-state index in [0.717, 1.165) is 16.2 Å². The summed E-state index contributed by atoms with van der Waals surface area (Å²) in [4.78, 5) is 23.1. The highest BCUT2D eigenvalue weighted by atomic mass is 79.9. The van der Waals surface area contributed by atoms with E-state index in [9.17, 15) is 14.5 Å². The maximum atomic E-state index is 13.9. The topological polar surface area (TPSA) is 103 Å². The first-order chi connectivity index (χ1) is 14.0. The number of aromatic nitrogens is 3. The molecule has 29 heavy (non-hydrogen) atoms. The van der Waals surface area contributed by atoms with Gasteiger partial charge in [-0.15, -0.1) is 0 Å². The number of fused-ring (bicyclic) bond motifs is 1. The predicted molar refractivity (Wildman–Crippen MR) is 108 cm³/mol. The average Bonchev–Trinajstić information content (AvgIpc) is 2.72. The third-order valence-electron chi connectivity index (χ3n) is 3.98. The number of anilines is 2. The standard InChI is InChI=1S/C19H11BrFN5O3/c20-12-7-8-15(16-11(12)4-3-9-22-16)29-19-17(26(27)28)18(23-10-24-19)25-14-6-2-1-5-13(14)21/h1-10H,(H,23,24,25). The van der Waals surface area contributed by atoms with Crippen molar-refractivity contribution < 1.29 is 14.1 Å². The lowest BCUT2D eigenvalue weighted by Gasteiger charge is -2.11. The summed E-state index contributed by atoms with van der Waals surface area (Å²) in [5, 5.41) is 15.1. The monoisotopic (exact) mass is 455 g/mol. The number of benzene rings is 2. The third-order valence-corrected chi connectivity index (χ3v) is 4.68. The molecule has 8 nitrogen and oxygen atoms in total. The highest BCUT2D eigenvalue weighted by Gasteiger charge is 2.26. The fraction of sp³-hybridized carbons (Fsp3) is 0. The first-order valence-corrected chi connectivity index (χ1v) is 9.06. The molecule has 0 aliphatic carbocycles. The Kier molecular flexibility index (Phi) is 5.00. The fourth-order valence-corrected chi connectivity index (χ4v) is 3.13. The van der Waals surface area contributed by atoms with Crippen molar-refractivity contribution in [1.82, 2.24) is 15.0 Å². The van der Waals surface area contributed by atoms with Crippen LogP contribution in [0.1, 0.15) is 0 Å². The van der Waals surface area contributed by atoms with Crippen LogP contribution in [0, 0.1) is 15.9 Å². The van der Waals surface area contributed by atoms with Gasteiger partial charge in [0.2, 0.25) is 5.82 Å². The quantitative estimate of drug-likeness (QED) is 0.318. The molecule has 1 N–H and O–H groups in total. The van der Waals surface area contributed by atoms with Crippen LogP contribution in [0.5, 0.6) is 11.6 Å². The van der Waals surface area contributed by atoms with Crippen LogP contribution >= 0.6 is 15.9 Å². The maximum Gasteiger partial charge on any atom is 0.373 e. The van der Waals surface area contributed by atoms with Gasteiger partial charge in [0.15, 0.2) is 5.75 Å². The predicted octanol–water partition coefficient (Wildman–Crippen LogP) is 5.37. The van der Waals surface area contributed by atoms with Crippen molar-refractivity contribution in [3.05, 3.63) is 81.5 Å². The van der Waals surface area contributed by atoms with Gasteiger partial charge in [-0.1, -0.05) is 34.1 Å². The molecule has 0 atom stereocenters. The summed E-state index contributed by atoms with van der Waals surface area (Å²) in [5.41, 5.74) is 0.0113. The van der Waals surface area contributed by atoms with Crippen LogP contribution in [0.4, 0.5) is 21.6 Å². The van der Waals surface area contributed by atoms with Crippen molar-refractivity contribution in [3.63, 3.8) is 0 Å². The number of pyridine rings is 1. The summed E-state index contributed by atoms with van der Waals surface area (Å²) >= 11 is 3.43. The van der Waals surface area contributed by atoms with Gasteiger partial charge >= 0.3 is 11.6 Å². The molecule has 0 bridgehead atoms. The van der Waals surface area contributed by atoms with Crippen molar-refractivity contribution in [1.29, 1.82) is 0 Å². The second-order valence-electron chi connectivity index (χ2n) is 5.79. The van der Waals surface area contributed by atoms with Crippen molar-refractivity contribution in [2.24, 2.45) is 0 Å². The second-order valence-corrected chi connectivity index (χ2v) is 6.64. The molecule has 0 amide bonds. The van der Waals surface area contributed by atoms with E-state index in [-0.39, 0.29) is 23.1 Å². The average molecular weight is 456 g/mol. The molecule has 0 spiro atoms. The van der Waals surface area contributed by atoms with Crippen LogP contribution in [0.25, 0.3) is 10.9 Å². The van der Waals surface area contributed by atoms with E-state index < -0.39 is 16.4 Å². The molecule has 2 aromatic heterocycles. The van der Waals surface area contributed by atoms with Crippen molar-refractivity contribution in [2.45, 2.75) is 0 Å². The van der Waals surface area contributed by atoms with Gasteiger partial charge in [-0.3, -0.25) is 15.1 Å². The van der Waals surface area contributed by atoms with Crippen molar-refractivity contribution >= 4 is 44.0 Å². The number of nitro groups is 1. The molecule has 0 aliphatic rings. The molecule has 4 rings (SSSR count). The van der Waals surface area contributed by atoms with Crippen LogP contribution in [0.15, 0.2) is 65.5 Å². The lowest BCUT2D eigenvalue weighted by molar-refractivity contribution is -0.385. The molecule has 4 aromatic rings. The number of nitrogens with zero attached hydrogens (tertiary/aromatic N) is 4. The minimum atomic E-state index is -0.688. The molecule has 2 aromatic carbocycles. The summed E-state index contributed by atoms with van der Waals surface area (Å²) in [7, 11) is 0. The minimum Gasteiger partial charge on any atom is -0.431 e. The Balaban J connectivity index is 1.78. The summed E-state index contributed by atoms with van der Waals surface area (Å²) in [6, 6.07) is 12.7. The molecule has 0 radical (unpaired) electrons. The number of ether oxygens (including phenoxy) is 1. The van der Waals surface area contributed by atoms with Crippen LogP contribution < -0.4 is 10.1 Å². The highest BCUT2D eigenvalue weighted by molar-refractivity contribution is 9.10. The molecule has 144 valence electrons. The number of hydrogen-bond acceptors (Lipinski definition) is 7. The highest BCUT2D eigenvalue weighted by Crippen LogP contribution is 2.38. The van der Waals surface area contributed by atoms with Gasteiger partial charge in [-0.25, -0.2) is 9.37 Å². The number of hydrogen-bond donors (Lipinski definition) is 1. The number of rotatable bonds is 5. The van der Waals surface area contributed by atoms with E-state index in [1.807, 2.05) is 6.07 Å². The number of halogens is 2. The van der Waals surface area contributed by atoms with Gasteiger partial charge in [0.1, 0.15) is 17.7 Å². The van der Waals surface area contributed by atoms with Gasteiger partial charge in [0.25, 0.3) is 0 Å². The fourth-order valence-electron chi connectivity index (χ4n) is 2.68.